The van der Waals surface area contributed by atoms with Crippen LogP contribution in [0.15, 0.2) is 24.3 Å². The van der Waals surface area contributed by atoms with Gasteiger partial charge in [-0.15, -0.1) is 5.10 Å². The van der Waals surface area contributed by atoms with E-state index in [1.807, 2.05) is 0 Å². The molecule has 27 heavy (non-hydrogen) atoms. The first-order valence-electron chi connectivity index (χ1n) is 7.06. The Kier molecular flexibility index (Phi) is 5.54. The number of sulfonamides is 1. The molecule has 0 radical (unpaired) electrons. The van der Waals surface area contributed by atoms with Gasteiger partial charge in [-0.3, -0.25) is 4.79 Å². The first-order chi connectivity index (χ1) is 12.6. The monoisotopic (exact) mass is 406 g/mol. The molecule has 0 fully saturated rings. The van der Waals surface area contributed by atoms with E-state index in [1.54, 1.807) is 0 Å². The van der Waals surface area contributed by atoms with Crippen LogP contribution in [0.25, 0.3) is 0 Å². The minimum atomic E-state index is -5.68. The third-order valence-corrected chi connectivity index (χ3v) is 5.20. The van der Waals surface area contributed by atoms with Crippen LogP contribution in [-0.2, 0) is 15.3 Å². The Morgan fingerprint density at radius 2 is 1.78 bits per heavy atom. The number of hydrogen-bond acceptors (Lipinski definition) is 8. The van der Waals surface area contributed by atoms with Gasteiger partial charge in [-0.1, -0.05) is 17.2 Å². The van der Waals surface area contributed by atoms with Gasteiger partial charge in [0, 0.05) is 7.05 Å². The molecule has 9 nitrogen and oxygen atoms in total. The van der Waals surface area contributed by atoms with Gasteiger partial charge < -0.3 is 9.47 Å². The highest BCUT2D eigenvalue weighted by molar-refractivity contribution is 7.90. The number of rotatable bonds is 6. The van der Waals surface area contributed by atoms with Crippen LogP contribution in [0.1, 0.15) is 16.1 Å². The van der Waals surface area contributed by atoms with Crippen LogP contribution in [0.4, 0.5) is 13.2 Å². The minimum absolute atomic E-state index is 0.272. The van der Waals surface area contributed by atoms with Crippen molar-refractivity contribution in [2.24, 2.45) is 0 Å². The zero-order chi connectivity index (χ0) is 20.4. The second kappa shape index (κ2) is 7.34. The number of nitrogens with zero attached hydrogens (tertiary/aromatic N) is 4. The maximum absolute atomic E-state index is 14.5. The number of hydrogen-bond donors (Lipinski definition) is 0. The Bertz CT molecular complexity index is 971. The van der Waals surface area contributed by atoms with Gasteiger partial charge in [-0.25, -0.2) is 8.70 Å². The summed E-state index contributed by atoms with van der Waals surface area (Å²) in [4.78, 5) is 12.5. The summed E-state index contributed by atoms with van der Waals surface area (Å²) in [6.07, 6.45) is 0. The van der Waals surface area contributed by atoms with Crippen LogP contribution in [0, 0.1) is 5.82 Å². The molecule has 0 saturated heterocycles. The normalized spacial score (nSPS) is 11.8. The number of benzene rings is 1. The van der Waals surface area contributed by atoms with E-state index >= 15 is 0 Å². The van der Waals surface area contributed by atoms with Crippen LogP contribution < -0.4 is 9.47 Å². The summed E-state index contributed by atoms with van der Waals surface area (Å²) in [5, 5.41) is 5.19. The Labute approximate surface area is 151 Å². The molecule has 146 valence electrons. The van der Waals surface area contributed by atoms with E-state index in [0.717, 1.165) is 26.4 Å². The number of carbonyl (C=O) groups excluding carboxylic acids is 1. The molecule has 0 atom stereocenters. The number of carbonyl (C=O) groups is 1. The van der Waals surface area contributed by atoms with E-state index in [2.05, 4.69) is 15.4 Å². The van der Waals surface area contributed by atoms with Crippen LogP contribution >= 0.6 is 0 Å². The Morgan fingerprint density at radius 3 is 2.33 bits per heavy atom. The average molecular weight is 406 g/mol. The van der Waals surface area contributed by atoms with Crippen molar-refractivity contribution in [2.75, 3.05) is 21.3 Å². The van der Waals surface area contributed by atoms with Crippen LogP contribution in [0.3, 0.4) is 0 Å². The van der Waals surface area contributed by atoms with Crippen molar-refractivity contribution >= 4 is 15.9 Å². The average Bonchev–Trinajstić information content (AvgIpc) is 2.65. The van der Waals surface area contributed by atoms with Crippen molar-refractivity contribution in [2.45, 2.75) is 5.25 Å². The molecular weight excluding hydrogens is 393 g/mol. The molecule has 0 saturated carbocycles. The van der Waals surface area contributed by atoms with Crippen molar-refractivity contribution in [1.29, 1.82) is 0 Å². The van der Waals surface area contributed by atoms with E-state index in [0.29, 0.717) is 19.2 Å². The Hall–Kier alpha value is -2.96. The van der Waals surface area contributed by atoms with E-state index in [4.69, 9.17) is 9.47 Å². The first-order valence-corrected chi connectivity index (χ1v) is 8.50. The van der Waals surface area contributed by atoms with Crippen LogP contribution in [0.2, 0.25) is 0 Å². The van der Waals surface area contributed by atoms with Crippen molar-refractivity contribution < 1.29 is 35.9 Å². The summed E-state index contributed by atoms with van der Waals surface area (Å²) in [6, 6.07) is 3.41. The van der Waals surface area contributed by atoms with E-state index in [9.17, 15) is 26.4 Å². The molecule has 0 aliphatic heterocycles. The predicted octanol–water partition coefficient (Wildman–Crippen LogP) is 1.18. The van der Waals surface area contributed by atoms with Crippen LogP contribution in [-0.4, -0.2) is 55.3 Å². The van der Waals surface area contributed by atoms with Gasteiger partial charge in [-0.2, -0.15) is 17.2 Å². The third kappa shape index (κ3) is 3.37. The highest BCUT2D eigenvalue weighted by atomic mass is 32.2. The van der Waals surface area contributed by atoms with Gasteiger partial charge in [0.25, 0.3) is 11.8 Å². The summed E-state index contributed by atoms with van der Waals surface area (Å²) >= 11 is 0. The lowest BCUT2D eigenvalue weighted by Gasteiger charge is -2.24. The number of aromatic nitrogens is 3. The van der Waals surface area contributed by atoms with Gasteiger partial charge in [-0.05, 0) is 17.3 Å². The number of alkyl halides is 2. The zero-order valence-electron chi connectivity index (χ0n) is 14.2. The van der Waals surface area contributed by atoms with Crippen molar-refractivity contribution in [3.63, 3.8) is 0 Å². The van der Waals surface area contributed by atoms with Crippen molar-refractivity contribution in [3.05, 3.63) is 41.3 Å². The third-order valence-electron chi connectivity index (χ3n) is 3.45. The number of amides is 1. The maximum atomic E-state index is 14.5. The Balaban J connectivity index is 2.52. The molecule has 0 spiro atoms. The van der Waals surface area contributed by atoms with Crippen LogP contribution in [0.5, 0.6) is 11.6 Å². The highest BCUT2D eigenvalue weighted by Gasteiger charge is 2.53. The molecule has 1 aromatic heterocycles. The maximum Gasteiger partial charge on any atom is 0.392 e. The summed E-state index contributed by atoms with van der Waals surface area (Å²) in [6.45, 7) is 0. The second-order valence-corrected chi connectivity index (χ2v) is 6.97. The fourth-order valence-corrected chi connectivity index (χ4v) is 3.12. The molecule has 13 heteroatoms. The molecule has 2 rings (SSSR count). The predicted molar refractivity (Wildman–Crippen MR) is 84.2 cm³/mol. The lowest BCUT2D eigenvalue weighted by molar-refractivity contribution is 0.0697. The summed E-state index contributed by atoms with van der Waals surface area (Å²) in [5.74, 6) is -3.68. The quantitative estimate of drug-likeness (QED) is 0.703. The largest absolute Gasteiger partial charge is 0.489 e. The smallest absolute Gasteiger partial charge is 0.392 e. The number of halogens is 3. The van der Waals surface area contributed by atoms with Gasteiger partial charge in [0.1, 0.15) is 5.82 Å². The molecule has 0 unspecified atom stereocenters. The van der Waals surface area contributed by atoms with E-state index < -0.39 is 44.0 Å². The summed E-state index contributed by atoms with van der Waals surface area (Å²) in [5.41, 5.74) is -2.14. The molecule has 1 amide bonds. The SMILES string of the molecule is COc1nnnc(C(=O)N(C)S(=O)(=O)C(F)(F)c2ccccc2F)c1OC. The summed E-state index contributed by atoms with van der Waals surface area (Å²) < 4.78 is 76.8. The minimum Gasteiger partial charge on any atom is -0.489 e. The summed E-state index contributed by atoms with van der Waals surface area (Å²) in [7, 11) is -2.85. The topological polar surface area (TPSA) is 112 Å². The van der Waals surface area contributed by atoms with E-state index in [-0.39, 0.29) is 10.2 Å². The van der Waals surface area contributed by atoms with Gasteiger partial charge in [0.05, 0.1) is 19.8 Å². The highest BCUT2D eigenvalue weighted by Crippen LogP contribution is 2.38. The zero-order valence-corrected chi connectivity index (χ0v) is 15.0. The molecule has 0 aliphatic rings. The number of ether oxygens (including phenoxy) is 2. The van der Waals surface area contributed by atoms with Crippen molar-refractivity contribution in [1.82, 2.24) is 19.7 Å². The van der Waals surface area contributed by atoms with Crippen molar-refractivity contribution in [3.8, 4) is 11.6 Å². The lowest BCUT2D eigenvalue weighted by Crippen LogP contribution is -2.43. The Morgan fingerprint density at radius 1 is 1.15 bits per heavy atom. The van der Waals surface area contributed by atoms with Gasteiger partial charge in [0.15, 0.2) is 0 Å². The first kappa shape index (κ1) is 20.4. The van der Waals surface area contributed by atoms with Gasteiger partial charge in [0.2, 0.25) is 11.4 Å². The molecule has 2 aromatic rings. The van der Waals surface area contributed by atoms with E-state index in [1.165, 1.54) is 0 Å². The molecular formula is C14H13F3N4O5S. The molecule has 1 heterocycles. The molecule has 1 aromatic carbocycles. The fraction of sp³-hybridized carbons (Fsp3) is 0.286. The fourth-order valence-electron chi connectivity index (χ4n) is 2.02. The molecule has 0 aliphatic carbocycles. The second-order valence-electron chi connectivity index (χ2n) is 4.95. The van der Waals surface area contributed by atoms with Gasteiger partial charge >= 0.3 is 15.3 Å². The number of methoxy groups -OCH3 is 2. The molecule has 0 N–H and O–H groups in total. The molecule has 0 bridgehead atoms. The standard InChI is InChI=1S/C14H13F3N4O5S/c1-21(13(22)10-11(25-2)12(26-3)19-20-18-10)27(23,24)14(16,17)8-6-4-5-7-9(8)15/h4-7H,1-3H3. The lowest BCUT2D eigenvalue weighted by atomic mass is 10.2.